The van der Waals surface area contributed by atoms with Gasteiger partial charge in [-0.15, -0.1) is 0 Å². The highest BCUT2D eigenvalue weighted by molar-refractivity contribution is 5.67. The van der Waals surface area contributed by atoms with Crippen molar-refractivity contribution in [3.05, 3.63) is 41.2 Å². The average molecular weight is 270 g/mol. The Morgan fingerprint density at radius 3 is 2.55 bits per heavy atom. The van der Waals surface area contributed by atoms with Crippen LogP contribution in [0.5, 0.6) is 0 Å². The largest absolute Gasteiger partial charge is 0.373 e. The highest BCUT2D eigenvalue weighted by Gasteiger charge is 2.11. The Bertz CT molecular complexity index is 593. The Morgan fingerprint density at radius 2 is 1.85 bits per heavy atom. The second kappa shape index (κ2) is 6.37. The highest BCUT2D eigenvalue weighted by atomic mass is 15.1. The van der Waals surface area contributed by atoms with Gasteiger partial charge in [0.15, 0.2) is 0 Å². The van der Waals surface area contributed by atoms with E-state index in [0.29, 0.717) is 0 Å². The molecule has 4 heteroatoms. The van der Waals surface area contributed by atoms with Crippen LogP contribution >= 0.6 is 0 Å². The summed E-state index contributed by atoms with van der Waals surface area (Å²) in [5.74, 6) is 1.79. The summed E-state index contributed by atoms with van der Waals surface area (Å²) in [7, 11) is 1.89. The van der Waals surface area contributed by atoms with E-state index in [4.69, 9.17) is 0 Å². The van der Waals surface area contributed by atoms with Crippen LogP contribution in [-0.2, 0) is 6.42 Å². The molecule has 0 unspecified atom stereocenters. The predicted octanol–water partition coefficient (Wildman–Crippen LogP) is 3.83. The molecule has 1 heterocycles. The number of nitrogens with one attached hydrogen (secondary N) is 2. The average Bonchev–Trinajstić information content (AvgIpc) is 2.46. The van der Waals surface area contributed by atoms with E-state index in [9.17, 15) is 0 Å². The van der Waals surface area contributed by atoms with Gasteiger partial charge in [0.2, 0.25) is 0 Å². The maximum atomic E-state index is 4.41. The van der Waals surface area contributed by atoms with E-state index in [1.54, 1.807) is 6.33 Å². The highest BCUT2D eigenvalue weighted by Crippen LogP contribution is 2.27. The third-order valence-electron chi connectivity index (χ3n) is 3.54. The van der Waals surface area contributed by atoms with Gasteiger partial charge in [0.25, 0.3) is 0 Å². The molecule has 2 rings (SSSR count). The SMILES string of the molecule is CCCc1c(NC)ncnc1Nc1cccc(C)c1C. The van der Waals surface area contributed by atoms with Gasteiger partial charge < -0.3 is 10.6 Å². The zero-order chi connectivity index (χ0) is 14.5. The first kappa shape index (κ1) is 14.3. The van der Waals surface area contributed by atoms with Crippen molar-refractivity contribution in [2.24, 2.45) is 0 Å². The third kappa shape index (κ3) is 2.90. The van der Waals surface area contributed by atoms with E-state index in [2.05, 4.69) is 59.6 Å². The van der Waals surface area contributed by atoms with E-state index in [-0.39, 0.29) is 0 Å². The van der Waals surface area contributed by atoms with Crippen molar-refractivity contribution in [3.8, 4) is 0 Å². The topological polar surface area (TPSA) is 49.8 Å². The summed E-state index contributed by atoms with van der Waals surface area (Å²) in [5.41, 5.74) is 4.76. The van der Waals surface area contributed by atoms with Gasteiger partial charge >= 0.3 is 0 Å². The molecule has 20 heavy (non-hydrogen) atoms. The lowest BCUT2D eigenvalue weighted by atomic mass is 10.1. The smallest absolute Gasteiger partial charge is 0.139 e. The fourth-order valence-electron chi connectivity index (χ4n) is 2.24. The molecule has 2 aromatic rings. The standard InChI is InChI=1S/C16H22N4/c1-5-7-13-15(17-4)18-10-19-16(13)20-14-9-6-8-11(2)12(14)3/h6,8-10H,5,7H2,1-4H3,(H2,17,18,19,20). The molecule has 0 saturated heterocycles. The zero-order valence-corrected chi connectivity index (χ0v) is 12.6. The Balaban J connectivity index is 2.40. The van der Waals surface area contributed by atoms with Crippen molar-refractivity contribution in [3.63, 3.8) is 0 Å². The van der Waals surface area contributed by atoms with Crippen LogP contribution in [0.4, 0.5) is 17.3 Å². The molecule has 0 aliphatic carbocycles. The van der Waals surface area contributed by atoms with Crippen molar-refractivity contribution in [1.29, 1.82) is 0 Å². The minimum absolute atomic E-state index is 0.889. The number of nitrogens with zero attached hydrogens (tertiary/aromatic N) is 2. The summed E-state index contributed by atoms with van der Waals surface area (Å²) in [5, 5.41) is 6.59. The lowest BCUT2D eigenvalue weighted by molar-refractivity contribution is 0.905. The molecule has 2 N–H and O–H groups in total. The van der Waals surface area contributed by atoms with Crippen LogP contribution in [0.2, 0.25) is 0 Å². The van der Waals surface area contributed by atoms with E-state index in [1.807, 2.05) is 7.05 Å². The Hall–Kier alpha value is -2.10. The van der Waals surface area contributed by atoms with Crippen molar-refractivity contribution >= 4 is 17.3 Å². The molecule has 0 bridgehead atoms. The summed E-state index contributed by atoms with van der Waals surface area (Å²) in [4.78, 5) is 8.71. The van der Waals surface area contributed by atoms with Crippen LogP contribution in [0.1, 0.15) is 30.0 Å². The second-order valence-corrected chi connectivity index (χ2v) is 4.92. The second-order valence-electron chi connectivity index (χ2n) is 4.92. The Kier molecular flexibility index (Phi) is 4.56. The molecular weight excluding hydrogens is 248 g/mol. The fourth-order valence-corrected chi connectivity index (χ4v) is 2.24. The maximum absolute atomic E-state index is 4.41. The van der Waals surface area contributed by atoms with Gasteiger partial charge in [-0.1, -0.05) is 25.5 Å². The molecule has 1 aromatic heterocycles. The normalized spacial score (nSPS) is 10.4. The minimum atomic E-state index is 0.889. The molecule has 0 atom stereocenters. The predicted molar refractivity (Wildman–Crippen MR) is 84.8 cm³/mol. The van der Waals surface area contributed by atoms with Gasteiger partial charge in [-0.3, -0.25) is 0 Å². The number of hydrogen-bond acceptors (Lipinski definition) is 4. The zero-order valence-electron chi connectivity index (χ0n) is 12.6. The van der Waals surface area contributed by atoms with E-state index < -0.39 is 0 Å². The molecule has 0 radical (unpaired) electrons. The van der Waals surface area contributed by atoms with E-state index in [0.717, 1.165) is 35.7 Å². The maximum Gasteiger partial charge on any atom is 0.139 e. The van der Waals surface area contributed by atoms with E-state index >= 15 is 0 Å². The first-order chi connectivity index (χ1) is 9.67. The van der Waals surface area contributed by atoms with Crippen LogP contribution in [0.15, 0.2) is 24.5 Å². The fraction of sp³-hybridized carbons (Fsp3) is 0.375. The van der Waals surface area contributed by atoms with Crippen molar-refractivity contribution in [1.82, 2.24) is 9.97 Å². The van der Waals surface area contributed by atoms with Crippen LogP contribution < -0.4 is 10.6 Å². The first-order valence-electron chi connectivity index (χ1n) is 7.02. The Labute approximate surface area is 120 Å². The summed E-state index contributed by atoms with van der Waals surface area (Å²) in [6.07, 6.45) is 3.60. The van der Waals surface area contributed by atoms with Gasteiger partial charge in [0.05, 0.1) is 0 Å². The van der Waals surface area contributed by atoms with Gasteiger partial charge in [-0.2, -0.15) is 0 Å². The summed E-state index contributed by atoms with van der Waals surface area (Å²) in [6.45, 7) is 6.40. The number of hydrogen-bond donors (Lipinski definition) is 2. The quantitative estimate of drug-likeness (QED) is 0.867. The van der Waals surface area contributed by atoms with Crippen LogP contribution in [0.3, 0.4) is 0 Å². The van der Waals surface area contributed by atoms with Gasteiger partial charge in [-0.25, -0.2) is 9.97 Å². The van der Waals surface area contributed by atoms with Crippen molar-refractivity contribution in [2.45, 2.75) is 33.6 Å². The molecule has 0 amide bonds. The molecular formula is C16H22N4. The number of aromatic nitrogens is 2. The third-order valence-corrected chi connectivity index (χ3v) is 3.54. The monoisotopic (exact) mass is 270 g/mol. The molecule has 0 aliphatic rings. The number of benzene rings is 1. The molecule has 0 fully saturated rings. The van der Waals surface area contributed by atoms with Gasteiger partial charge in [0, 0.05) is 18.3 Å². The molecule has 106 valence electrons. The summed E-state index contributed by atoms with van der Waals surface area (Å²) in [6, 6.07) is 6.26. The minimum Gasteiger partial charge on any atom is -0.373 e. The summed E-state index contributed by atoms with van der Waals surface area (Å²) >= 11 is 0. The van der Waals surface area contributed by atoms with Gasteiger partial charge in [0.1, 0.15) is 18.0 Å². The molecule has 0 aliphatic heterocycles. The molecule has 0 spiro atoms. The van der Waals surface area contributed by atoms with Crippen LogP contribution in [0, 0.1) is 13.8 Å². The molecule has 0 saturated carbocycles. The number of rotatable bonds is 5. The van der Waals surface area contributed by atoms with Crippen molar-refractivity contribution < 1.29 is 0 Å². The van der Waals surface area contributed by atoms with Crippen molar-refractivity contribution in [2.75, 3.05) is 17.7 Å². The summed E-state index contributed by atoms with van der Waals surface area (Å²) < 4.78 is 0. The van der Waals surface area contributed by atoms with E-state index in [1.165, 1.54) is 11.1 Å². The number of aryl methyl sites for hydroxylation is 1. The lowest BCUT2D eigenvalue weighted by Gasteiger charge is -2.15. The van der Waals surface area contributed by atoms with Crippen LogP contribution in [-0.4, -0.2) is 17.0 Å². The molecule has 4 nitrogen and oxygen atoms in total. The van der Waals surface area contributed by atoms with Crippen LogP contribution in [0.25, 0.3) is 0 Å². The first-order valence-corrected chi connectivity index (χ1v) is 7.02. The Morgan fingerprint density at radius 1 is 1.10 bits per heavy atom. The molecule has 1 aromatic carbocycles. The number of anilines is 3. The van der Waals surface area contributed by atoms with Gasteiger partial charge in [-0.05, 0) is 37.5 Å². The lowest BCUT2D eigenvalue weighted by Crippen LogP contribution is -2.06.